The molecule has 0 saturated heterocycles. The van der Waals surface area contributed by atoms with E-state index in [2.05, 4.69) is 17.6 Å². The maximum Gasteiger partial charge on any atom is 0.166 e. The summed E-state index contributed by atoms with van der Waals surface area (Å²) in [7, 11) is 0. The van der Waals surface area contributed by atoms with Crippen molar-refractivity contribution in [3.05, 3.63) is 0 Å². The molecule has 1 rings (SSSR count). The van der Waals surface area contributed by atoms with Crippen LogP contribution in [0.3, 0.4) is 0 Å². The third-order valence-electron chi connectivity index (χ3n) is 4.51. The van der Waals surface area contributed by atoms with Crippen molar-refractivity contribution in [2.24, 2.45) is 0 Å². The maximum atomic E-state index is 5.37. The van der Waals surface area contributed by atoms with E-state index in [1.54, 1.807) is 0 Å². The molecule has 1 aliphatic rings. The van der Waals surface area contributed by atoms with Gasteiger partial charge in [-0.1, -0.05) is 77.6 Å². The highest BCUT2D eigenvalue weighted by molar-refractivity contribution is 7.80. The topological polar surface area (TPSA) is 24.1 Å². The van der Waals surface area contributed by atoms with E-state index in [4.69, 9.17) is 12.2 Å². The van der Waals surface area contributed by atoms with E-state index >= 15 is 0 Å². The first-order valence-corrected chi connectivity index (χ1v) is 9.78. The summed E-state index contributed by atoms with van der Waals surface area (Å²) in [4.78, 5) is 0. The third kappa shape index (κ3) is 11.0. The Morgan fingerprint density at radius 2 is 1.43 bits per heavy atom. The minimum Gasteiger partial charge on any atom is -0.363 e. The smallest absolute Gasteiger partial charge is 0.166 e. The van der Waals surface area contributed by atoms with Crippen LogP contribution in [-0.4, -0.2) is 17.7 Å². The van der Waals surface area contributed by atoms with Crippen LogP contribution in [0.25, 0.3) is 0 Å². The molecule has 0 spiro atoms. The number of thiocarbonyl (C=S) groups is 1. The largest absolute Gasteiger partial charge is 0.363 e. The van der Waals surface area contributed by atoms with E-state index in [-0.39, 0.29) is 0 Å². The van der Waals surface area contributed by atoms with Crippen LogP contribution in [0.15, 0.2) is 0 Å². The van der Waals surface area contributed by atoms with Crippen molar-refractivity contribution in [1.82, 2.24) is 10.6 Å². The standard InChI is InChI=1S/C18H36N2S/c1-2-3-4-5-6-7-8-9-13-16-19-18(21)20-17-14-11-10-12-15-17/h17H,2-16H2,1H3,(H2,19,20,21). The fraction of sp³-hybridized carbons (Fsp3) is 0.944. The van der Waals surface area contributed by atoms with Gasteiger partial charge in [-0.15, -0.1) is 0 Å². The zero-order valence-electron chi connectivity index (χ0n) is 14.1. The summed E-state index contributed by atoms with van der Waals surface area (Å²) in [6, 6.07) is 0.627. The zero-order valence-corrected chi connectivity index (χ0v) is 14.9. The average molecular weight is 313 g/mol. The summed E-state index contributed by atoms with van der Waals surface area (Å²) < 4.78 is 0. The van der Waals surface area contributed by atoms with Crippen molar-refractivity contribution < 1.29 is 0 Å². The highest BCUT2D eigenvalue weighted by atomic mass is 32.1. The highest BCUT2D eigenvalue weighted by Crippen LogP contribution is 2.17. The second-order valence-corrected chi connectivity index (χ2v) is 6.97. The maximum absolute atomic E-state index is 5.37. The fourth-order valence-corrected chi connectivity index (χ4v) is 3.39. The van der Waals surface area contributed by atoms with Crippen LogP contribution in [-0.2, 0) is 0 Å². The van der Waals surface area contributed by atoms with E-state index in [1.165, 1.54) is 89.9 Å². The van der Waals surface area contributed by atoms with Crippen LogP contribution >= 0.6 is 12.2 Å². The summed E-state index contributed by atoms with van der Waals surface area (Å²) in [5.41, 5.74) is 0. The predicted molar refractivity (Wildman–Crippen MR) is 97.8 cm³/mol. The molecule has 2 nitrogen and oxygen atoms in total. The second kappa shape index (κ2) is 13.4. The first-order valence-electron chi connectivity index (χ1n) is 9.37. The Kier molecular flexibility index (Phi) is 11.9. The van der Waals surface area contributed by atoms with Crippen molar-refractivity contribution in [3.8, 4) is 0 Å². The van der Waals surface area contributed by atoms with Crippen molar-refractivity contribution in [2.45, 2.75) is 103 Å². The minimum atomic E-state index is 0.627. The molecular weight excluding hydrogens is 276 g/mol. The van der Waals surface area contributed by atoms with E-state index < -0.39 is 0 Å². The number of unbranched alkanes of at least 4 members (excludes halogenated alkanes) is 8. The summed E-state index contributed by atoms with van der Waals surface area (Å²) in [6.07, 6.45) is 19.1. The Hall–Kier alpha value is -0.310. The molecule has 0 heterocycles. The number of nitrogens with one attached hydrogen (secondary N) is 2. The lowest BCUT2D eigenvalue weighted by Gasteiger charge is -2.24. The number of hydrogen-bond donors (Lipinski definition) is 2. The van der Waals surface area contributed by atoms with Crippen LogP contribution in [0.1, 0.15) is 96.8 Å². The van der Waals surface area contributed by atoms with Gasteiger partial charge in [0.1, 0.15) is 0 Å². The molecule has 0 aromatic carbocycles. The number of rotatable bonds is 11. The van der Waals surface area contributed by atoms with Crippen LogP contribution < -0.4 is 10.6 Å². The second-order valence-electron chi connectivity index (χ2n) is 6.56. The van der Waals surface area contributed by atoms with Gasteiger partial charge in [-0.2, -0.15) is 0 Å². The highest BCUT2D eigenvalue weighted by Gasteiger charge is 2.13. The SMILES string of the molecule is CCCCCCCCCCCNC(=S)NC1CCCCC1. The summed E-state index contributed by atoms with van der Waals surface area (Å²) in [6.45, 7) is 3.31. The monoisotopic (exact) mass is 312 g/mol. The van der Waals surface area contributed by atoms with Gasteiger partial charge in [0.05, 0.1) is 0 Å². The van der Waals surface area contributed by atoms with Gasteiger partial charge in [0.25, 0.3) is 0 Å². The molecule has 21 heavy (non-hydrogen) atoms. The number of hydrogen-bond acceptors (Lipinski definition) is 1. The molecule has 3 heteroatoms. The third-order valence-corrected chi connectivity index (χ3v) is 4.77. The quantitative estimate of drug-likeness (QED) is 0.399. The fourth-order valence-electron chi connectivity index (χ4n) is 3.12. The first-order chi connectivity index (χ1) is 10.3. The Labute approximate surface area is 137 Å². The van der Waals surface area contributed by atoms with Gasteiger partial charge in [0.2, 0.25) is 0 Å². The molecule has 0 aromatic rings. The Morgan fingerprint density at radius 3 is 2.05 bits per heavy atom. The predicted octanol–water partition coefficient (Wildman–Crippen LogP) is 5.31. The molecule has 0 unspecified atom stereocenters. The van der Waals surface area contributed by atoms with Crippen molar-refractivity contribution in [3.63, 3.8) is 0 Å². The van der Waals surface area contributed by atoms with Gasteiger partial charge in [0, 0.05) is 12.6 Å². The molecule has 0 bridgehead atoms. The van der Waals surface area contributed by atoms with Crippen molar-refractivity contribution in [2.75, 3.05) is 6.54 Å². The molecular formula is C18H36N2S. The molecule has 0 aromatic heterocycles. The van der Waals surface area contributed by atoms with Crippen molar-refractivity contribution in [1.29, 1.82) is 0 Å². The van der Waals surface area contributed by atoms with Gasteiger partial charge in [-0.3, -0.25) is 0 Å². The first kappa shape index (κ1) is 18.7. The summed E-state index contributed by atoms with van der Waals surface area (Å²) in [5, 5.41) is 7.72. The van der Waals surface area contributed by atoms with E-state index in [0.29, 0.717) is 6.04 Å². The van der Waals surface area contributed by atoms with Crippen LogP contribution in [0.5, 0.6) is 0 Å². The molecule has 124 valence electrons. The molecule has 1 aliphatic carbocycles. The van der Waals surface area contributed by atoms with E-state index in [0.717, 1.165) is 11.7 Å². The summed E-state index contributed by atoms with van der Waals surface area (Å²) in [5.74, 6) is 0. The molecule has 0 aliphatic heterocycles. The molecule has 0 radical (unpaired) electrons. The Morgan fingerprint density at radius 1 is 0.857 bits per heavy atom. The lowest BCUT2D eigenvalue weighted by molar-refractivity contribution is 0.412. The van der Waals surface area contributed by atoms with E-state index in [9.17, 15) is 0 Å². The van der Waals surface area contributed by atoms with Crippen LogP contribution in [0.4, 0.5) is 0 Å². The van der Waals surface area contributed by atoms with Crippen LogP contribution in [0, 0.1) is 0 Å². The Bertz CT molecular complexity index is 250. The van der Waals surface area contributed by atoms with Crippen molar-refractivity contribution >= 4 is 17.3 Å². The lowest BCUT2D eigenvalue weighted by Crippen LogP contribution is -2.42. The molecule has 1 saturated carbocycles. The normalized spacial score (nSPS) is 15.9. The Balaban J connectivity index is 1.81. The average Bonchev–Trinajstić information content (AvgIpc) is 2.50. The molecule has 0 amide bonds. The molecule has 2 N–H and O–H groups in total. The molecule has 1 fully saturated rings. The van der Waals surface area contributed by atoms with E-state index in [1.807, 2.05) is 0 Å². The minimum absolute atomic E-state index is 0.627. The van der Waals surface area contributed by atoms with Gasteiger partial charge < -0.3 is 10.6 Å². The summed E-state index contributed by atoms with van der Waals surface area (Å²) >= 11 is 5.37. The lowest BCUT2D eigenvalue weighted by atomic mass is 9.96. The van der Waals surface area contributed by atoms with Crippen LogP contribution in [0.2, 0.25) is 0 Å². The molecule has 0 atom stereocenters. The van der Waals surface area contributed by atoms with Gasteiger partial charge in [-0.25, -0.2) is 0 Å². The zero-order chi connectivity index (χ0) is 15.2. The van der Waals surface area contributed by atoms with Gasteiger partial charge in [-0.05, 0) is 31.5 Å². The van der Waals surface area contributed by atoms with Gasteiger partial charge in [0.15, 0.2) is 5.11 Å². The van der Waals surface area contributed by atoms with Gasteiger partial charge >= 0.3 is 0 Å².